The number of alkyl halides is 3. The molecule has 0 aromatic heterocycles. The lowest BCUT2D eigenvalue weighted by atomic mass is 10.3. The second-order valence-corrected chi connectivity index (χ2v) is 4.62. The van der Waals surface area contributed by atoms with Gasteiger partial charge in [-0.15, -0.1) is 13.2 Å². The summed E-state index contributed by atoms with van der Waals surface area (Å²) in [7, 11) is -2.61. The summed E-state index contributed by atoms with van der Waals surface area (Å²) in [5.74, 6) is -0.580. The van der Waals surface area contributed by atoms with E-state index in [4.69, 9.17) is 0 Å². The first-order chi connectivity index (χ1) is 7.24. The number of rotatable bonds is 3. The van der Waals surface area contributed by atoms with E-state index in [1.54, 1.807) is 0 Å². The van der Waals surface area contributed by atoms with Crippen molar-refractivity contribution in [2.24, 2.45) is 0 Å². The van der Waals surface area contributed by atoms with Gasteiger partial charge in [-0.2, -0.15) is 0 Å². The van der Waals surface area contributed by atoms with Crippen LogP contribution in [0.25, 0.3) is 0 Å². The predicted molar refractivity (Wildman–Crippen MR) is 49.4 cm³/mol. The quantitative estimate of drug-likeness (QED) is 0.890. The first kappa shape index (κ1) is 12.8. The first-order valence-electron chi connectivity index (χ1n) is 4.04. The Morgan fingerprint density at radius 3 is 2.44 bits per heavy atom. The standard InChI is InChI=1S/C8H8F3NO3S/c1-12-16(13,14)7-4-2-3-6(5-7)15-8(9,10)11/h2-5,12H,1H3. The average Bonchev–Trinajstić information content (AvgIpc) is 2.15. The van der Waals surface area contributed by atoms with Gasteiger partial charge in [0.1, 0.15) is 5.75 Å². The molecule has 1 N–H and O–H groups in total. The SMILES string of the molecule is CNS(=O)(=O)c1cccc(OC(F)(F)F)c1. The van der Waals surface area contributed by atoms with E-state index in [-0.39, 0.29) is 4.90 Å². The second-order valence-electron chi connectivity index (χ2n) is 2.73. The van der Waals surface area contributed by atoms with Crippen molar-refractivity contribution in [3.8, 4) is 5.75 Å². The summed E-state index contributed by atoms with van der Waals surface area (Å²) in [5.41, 5.74) is 0. The van der Waals surface area contributed by atoms with Crippen LogP contribution in [0.5, 0.6) is 5.75 Å². The van der Waals surface area contributed by atoms with Gasteiger partial charge in [0.15, 0.2) is 0 Å². The molecule has 0 saturated heterocycles. The van der Waals surface area contributed by atoms with Crippen LogP contribution in [0.2, 0.25) is 0 Å². The summed E-state index contributed by atoms with van der Waals surface area (Å²) in [6, 6.07) is 4.13. The maximum absolute atomic E-state index is 11.9. The van der Waals surface area contributed by atoms with Crippen molar-refractivity contribution >= 4 is 10.0 Å². The van der Waals surface area contributed by atoms with Gasteiger partial charge in [0.25, 0.3) is 0 Å². The molecule has 8 heteroatoms. The van der Waals surface area contributed by atoms with Gasteiger partial charge in [-0.3, -0.25) is 0 Å². The van der Waals surface area contributed by atoms with Gasteiger partial charge in [0.2, 0.25) is 10.0 Å². The van der Waals surface area contributed by atoms with E-state index in [2.05, 4.69) is 4.74 Å². The zero-order valence-electron chi connectivity index (χ0n) is 8.08. The fourth-order valence-electron chi connectivity index (χ4n) is 0.956. The predicted octanol–water partition coefficient (Wildman–Crippen LogP) is 1.49. The van der Waals surface area contributed by atoms with E-state index in [0.717, 1.165) is 31.3 Å². The summed E-state index contributed by atoms with van der Waals surface area (Å²) < 4.78 is 63.7. The van der Waals surface area contributed by atoms with Crippen LogP contribution < -0.4 is 9.46 Å². The molecule has 1 aromatic carbocycles. The van der Waals surface area contributed by atoms with Gasteiger partial charge < -0.3 is 4.74 Å². The Morgan fingerprint density at radius 1 is 1.31 bits per heavy atom. The zero-order valence-corrected chi connectivity index (χ0v) is 8.89. The molecule has 0 amide bonds. The Morgan fingerprint density at radius 2 is 1.94 bits per heavy atom. The Hall–Kier alpha value is -1.28. The van der Waals surface area contributed by atoms with Crippen molar-refractivity contribution in [1.29, 1.82) is 0 Å². The molecule has 0 aliphatic rings. The molecule has 1 aromatic rings. The third-order valence-electron chi connectivity index (χ3n) is 1.62. The van der Waals surface area contributed by atoms with Crippen molar-refractivity contribution in [2.75, 3.05) is 7.05 Å². The van der Waals surface area contributed by atoms with E-state index < -0.39 is 22.1 Å². The van der Waals surface area contributed by atoms with Gasteiger partial charge in [0.05, 0.1) is 4.90 Å². The molecule has 0 saturated carbocycles. The lowest BCUT2D eigenvalue weighted by molar-refractivity contribution is -0.274. The largest absolute Gasteiger partial charge is 0.573 e. The number of nitrogens with one attached hydrogen (secondary N) is 1. The third-order valence-corrected chi connectivity index (χ3v) is 3.03. The minimum atomic E-state index is -4.85. The molecule has 0 spiro atoms. The molecule has 0 radical (unpaired) electrons. The lowest BCUT2D eigenvalue weighted by Crippen LogP contribution is -2.20. The molecule has 1 rings (SSSR count). The molecule has 0 atom stereocenters. The molecule has 0 bridgehead atoms. The van der Waals surface area contributed by atoms with Crippen LogP contribution in [0, 0.1) is 0 Å². The molecule has 16 heavy (non-hydrogen) atoms. The molecule has 0 unspecified atom stereocenters. The van der Waals surface area contributed by atoms with Crippen LogP contribution in [0.4, 0.5) is 13.2 Å². The van der Waals surface area contributed by atoms with Crippen molar-refractivity contribution in [3.05, 3.63) is 24.3 Å². The van der Waals surface area contributed by atoms with E-state index in [0.29, 0.717) is 0 Å². The minimum absolute atomic E-state index is 0.295. The topological polar surface area (TPSA) is 55.4 Å². The van der Waals surface area contributed by atoms with E-state index in [9.17, 15) is 21.6 Å². The highest BCUT2D eigenvalue weighted by atomic mass is 32.2. The monoisotopic (exact) mass is 255 g/mol. The van der Waals surface area contributed by atoms with Crippen molar-refractivity contribution in [2.45, 2.75) is 11.3 Å². The van der Waals surface area contributed by atoms with Crippen molar-refractivity contribution in [1.82, 2.24) is 4.72 Å². The summed E-state index contributed by atoms with van der Waals surface area (Å²) in [6.45, 7) is 0. The molecular weight excluding hydrogens is 247 g/mol. The molecule has 90 valence electrons. The molecule has 0 aliphatic heterocycles. The highest BCUT2D eigenvalue weighted by Gasteiger charge is 2.31. The Bertz CT molecular complexity index is 470. The Balaban J connectivity index is 3.06. The van der Waals surface area contributed by atoms with Crippen LogP contribution in [0.1, 0.15) is 0 Å². The fraction of sp³-hybridized carbons (Fsp3) is 0.250. The number of hydrogen-bond acceptors (Lipinski definition) is 3. The van der Waals surface area contributed by atoms with Crippen LogP contribution in [-0.4, -0.2) is 21.8 Å². The van der Waals surface area contributed by atoms with Gasteiger partial charge in [-0.05, 0) is 19.2 Å². The number of sulfonamides is 1. The highest BCUT2D eigenvalue weighted by Crippen LogP contribution is 2.24. The molecule has 0 aliphatic carbocycles. The number of benzene rings is 1. The van der Waals surface area contributed by atoms with E-state index in [1.165, 1.54) is 0 Å². The molecule has 0 heterocycles. The van der Waals surface area contributed by atoms with E-state index in [1.807, 2.05) is 4.72 Å². The first-order valence-corrected chi connectivity index (χ1v) is 5.52. The molecule has 4 nitrogen and oxygen atoms in total. The summed E-state index contributed by atoms with van der Waals surface area (Å²) in [4.78, 5) is -0.295. The maximum atomic E-state index is 11.9. The zero-order chi connectivity index (χ0) is 12.4. The molecule has 0 fully saturated rings. The number of hydrogen-bond donors (Lipinski definition) is 1. The Labute approximate surface area is 90.1 Å². The van der Waals surface area contributed by atoms with Crippen molar-refractivity contribution in [3.63, 3.8) is 0 Å². The molecular formula is C8H8F3NO3S. The number of halogens is 3. The van der Waals surface area contributed by atoms with Crippen LogP contribution >= 0.6 is 0 Å². The highest BCUT2D eigenvalue weighted by molar-refractivity contribution is 7.89. The summed E-state index contributed by atoms with van der Waals surface area (Å²) in [5, 5.41) is 0. The van der Waals surface area contributed by atoms with E-state index >= 15 is 0 Å². The van der Waals surface area contributed by atoms with Crippen molar-refractivity contribution < 1.29 is 26.3 Å². The second kappa shape index (κ2) is 4.30. The third kappa shape index (κ3) is 3.38. The summed E-state index contributed by atoms with van der Waals surface area (Å²) in [6.07, 6.45) is -4.85. The normalized spacial score (nSPS) is 12.5. The fourth-order valence-corrected chi connectivity index (χ4v) is 1.72. The minimum Gasteiger partial charge on any atom is -0.406 e. The summed E-state index contributed by atoms with van der Waals surface area (Å²) >= 11 is 0. The lowest BCUT2D eigenvalue weighted by Gasteiger charge is -2.09. The maximum Gasteiger partial charge on any atom is 0.573 e. The van der Waals surface area contributed by atoms with Gasteiger partial charge >= 0.3 is 6.36 Å². The number of ether oxygens (including phenoxy) is 1. The van der Waals surface area contributed by atoms with Gasteiger partial charge in [-0.25, -0.2) is 13.1 Å². The van der Waals surface area contributed by atoms with Gasteiger partial charge in [0, 0.05) is 6.07 Å². The van der Waals surface area contributed by atoms with Crippen LogP contribution in [0.3, 0.4) is 0 Å². The van der Waals surface area contributed by atoms with Gasteiger partial charge in [-0.1, -0.05) is 6.07 Å². The van der Waals surface area contributed by atoms with Crippen LogP contribution in [-0.2, 0) is 10.0 Å². The average molecular weight is 255 g/mol. The smallest absolute Gasteiger partial charge is 0.406 e. The van der Waals surface area contributed by atoms with Crippen LogP contribution in [0.15, 0.2) is 29.2 Å². The Kier molecular flexibility index (Phi) is 3.44.